The summed E-state index contributed by atoms with van der Waals surface area (Å²) in [6.07, 6.45) is 1.58. The highest BCUT2D eigenvalue weighted by Crippen LogP contribution is 2.17. The summed E-state index contributed by atoms with van der Waals surface area (Å²) in [5, 5.41) is 7.94. The van der Waals surface area contributed by atoms with Crippen LogP contribution in [0.3, 0.4) is 0 Å². The van der Waals surface area contributed by atoms with Gasteiger partial charge in [-0.2, -0.15) is 0 Å². The van der Waals surface area contributed by atoms with Crippen molar-refractivity contribution in [3.05, 3.63) is 12.0 Å². The van der Waals surface area contributed by atoms with Crippen molar-refractivity contribution in [2.24, 2.45) is 0 Å². The van der Waals surface area contributed by atoms with Crippen LogP contribution in [-0.4, -0.2) is 24.8 Å². The Bertz CT molecular complexity index is 430. The van der Waals surface area contributed by atoms with Gasteiger partial charge in [0.1, 0.15) is 5.69 Å². The molecule has 2 aromatic rings. The van der Waals surface area contributed by atoms with E-state index < -0.39 is 0 Å². The van der Waals surface area contributed by atoms with Crippen molar-refractivity contribution >= 4 is 12.6 Å². The van der Waals surface area contributed by atoms with Gasteiger partial charge in [-0.05, 0) is 6.92 Å². The first kappa shape index (κ1) is 8.11. The highest BCUT2D eigenvalue weighted by atomic mass is 32.1. The van der Waals surface area contributed by atoms with Crippen molar-refractivity contribution in [3.63, 3.8) is 0 Å². The molecule has 13 heavy (non-hydrogen) atoms. The first-order valence-corrected chi connectivity index (χ1v) is 4.04. The Morgan fingerprint density at radius 1 is 1.54 bits per heavy atom. The molecule has 0 amide bonds. The predicted molar refractivity (Wildman–Crippen MR) is 49.7 cm³/mol. The summed E-state index contributed by atoms with van der Waals surface area (Å²) in [7, 11) is 0. The van der Waals surface area contributed by atoms with E-state index in [1.165, 1.54) is 4.68 Å². The minimum absolute atomic E-state index is 0.365. The zero-order valence-corrected chi connectivity index (χ0v) is 7.79. The number of nitrogen functional groups attached to an aromatic ring is 1. The predicted octanol–water partition coefficient (Wildman–Crippen LogP) is -0.0209. The van der Waals surface area contributed by atoms with Crippen LogP contribution < -0.4 is 5.84 Å². The summed E-state index contributed by atoms with van der Waals surface area (Å²) < 4.78 is 1.30. The van der Waals surface area contributed by atoms with Crippen molar-refractivity contribution in [2.75, 3.05) is 5.84 Å². The number of aryl methyl sites for hydroxylation is 1. The number of rotatable bonds is 1. The Morgan fingerprint density at radius 2 is 2.31 bits per heavy atom. The van der Waals surface area contributed by atoms with E-state index in [0.717, 1.165) is 11.4 Å². The van der Waals surface area contributed by atoms with Gasteiger partial charge in [-0.3, -0.25) is 0 Å². The maximum atomic E-state index is 5.63. The Kier molecular flexibility index (Phi) is 1.73. The van der Waals surface area contributed by atoms with Gasteiger partial charge in [-0.1, -0.05) is 0 Å². The molecule has 0 aliphatic carbocycles. The number of nitrogens with one attached hydrogen (secondary N) is 1. The molecule has 0 spiro atoms. The zero-order valence-electron chi connectivity index (χ0n) is 6.89. The molecule has 0 saturated carbocycles. The Morgan fingerprint density at radius 3 is 2.77 bits per heavy atom. The maximum Gasteiger partial charge on any atom is 0.207 e. The number of nitrogens with two attached hydrogens (primary N) is 1. The third-order valence-electron chi connectivity index (χ3n) is 1.73. The largest absolute Gasteiger partial charge is 0.342 e. The average molecular weight is 196 g/mol. The number of imidazole rings is 1. The van der Waals surface area contributed by atoms with Crippen LogP contribution in [0.1, 0.15) is 5.69 Å². The van der Waals surface area contributed by atoms with Gasteiger partial charge in [0.05, 0.1) is 12.0 Å². The Hall–Kier alpha value is -1.50. The summed E-state index contributed by atoms with van der Waals surface area (Å²) in [5.74, 6) is 6.16. The first-order valence-electron chi connectivity index (χ1n) is 3.60. The summed E-state index contributed by atoms with van der Waals surface area (Å²) in [6, 6.07) is 0. The third-order valence-corrected chi connectivity index (χ3v) is 2.04. The fraction of sp³-hybridized carbons (Fsp3) is 0.167. The topological polar surface area (TPSA) is 85.4 Å². The van der Waals surface area contributed by atoms with Gasteiger partial charge in [0.15, 0.2) is 0 Å². The van der Waals surface area contributed by atoms with Gasteiger partial charge in [0.2, 0.25) is 11.0 Å². The van der Waals surface area contributed by atoms with Crippen molar-refractivity contribution in [2.45, 2.75) is 12.1 Å². The third kappa shape index (κ3) is 1.17. The van der Waals surface area contributed by atoms with Gasteiger partial charge in [-0.25, -0.2) is 9.66 Å². The molecule has 0 aromatic carbocycles. The van der Waals surface area contributed by atoms with Crippen LogP contribution in [0.2, 0.25) is 0 Å². The molecular formula is C6H8N6S. The lowest BCUT2D eigenvalue weighted by Crippen LogP contribution is -2.11. The van der Waals surface area contributed by atoms with E-state index in [-0.39, 0.29) is 0 Å². The molecule has 68 valence electrons. The smallest absolute Gasteiger partial charge is 0.207 e. The molecule has 0 unspecified atom stereocenters. The van der Waals surface area contributed by atoms with Gasteiger partial charge in [0, 0.05) is 0 Å². The SMILES string of the molecule is Cc1nc[nH]c1-c1nnc(S)n1N. The van der Waals surface area contributed by atoms with Gasteiger partial charge in [0.25, 0.3) is 0 Å². The molecular weight excluding hydrogens is 188 g/mol. The van der Waals surface area contributed by atoms with E-state index in [9.17, 15) is 0 Å². The monoisotopic (exact) mass is 196 g/mol. The van der Waals surface area contributed by atoms with Crippen molar-refractivity contribution < 1.29 is 0 Å². The van der Waals surface area contributed by atoms with Crippen LogP contribution >= 0.6 is 12.6 Å². The van der Waals surface area contributed by atoms with Crippen molar-refractivity contribution in [1.82, 2.24) is 24.8 Å². The van der Waals surface area contributed by atoms with E-state index in [2.05, 4.69) is 32.8 Å². The molecule has 7 heteroatoms. The van der Waals surface area contributed by atoms with Gasteiger partial charge < -0.3 is 10.8 Å². The van der Waals surface area contributed by atoms with Crippen LogP contribution in [0.25, 0.3) is 11.5 Å². The summed E-state index contributed by atoms with van der Waals surface area (Å²) in [4.78, 5) is 6.95. The molecule has 2 aromatic heterocycles. The van der Waals surface area contributed by atoms with Crippen LogP contribution in [0.5, 0.6) is 0 Å². The highest BCUT2D eigenvalue weighted by molar-refractivity contribution is 7.80. The average Bonchev–Trinajstić information content (AvgIpc) is 2.62. The second kappa shape index (κ2) is 2.77. The number of hydrogen-bond acceptors (Lipinski definition) is 5. The molecule has 2 heterocycles. The minimum Gasteiger partial charge on any atom is -0.342 e. The number of H-pyrrole nitrogens is 1. The molecule has 0 aliphatic rings. The van der Waals surface area contributed by atoms with Crippen LogP contribution in [-0.2, 0) is 0 Å². The summed E-state index contributed by atoms with van der Waals surface area (Å²) in [6.45, 7) is 1.86. The van der Waals surface area contributed by atoms with Gasteiger partial charge >= 0.3 is 0 Å². The normalized spacial score (nSPS) is 10.6. The standard InChI is InChI=1S/C6H8N6S/c1-3-4(9-2-8-3)5-10-11-6(13)12(5)7/h2H,7H2,1H3,(H,8,9)(H,11,13). The second-order valence-electron chi connectivity index (χ2n) is 2.56. The molecule has 2 rings (SSSR count). The Labute approximate surface area is 79.6 Å². The number of hydrogen-bond donors (Lipinski definition) is 3. The van der Waals surface area contributed by atoms with E-state index in [1.807, 2.05) is 6.92 Å². The number of aromatic amines is 1. The lowest BCUT2D eigenvalue weighted by Gasteiger charge is -1.98. The lowest BCUT2D eigenvalue weighted by atomic mass is 10.3. The summed E-state index contributed by atoms with van der Waals surface area (Å²) >= 11 is 4.01. The zero-order chi connectivity index (χ0) is 9.42. The number of nitrogens with zero attached hydrogens (tertiary/aromatic N) is 4. The fourth-order valence-electron chi connectivity index (χ4n) is 1.04. The molecule has 0 radical (unpaired) electrons. The van der Waals surface area contributed by atoms with E-state index >= 15 is 0 Å². The van der Waals surface area contributed by atoms with E-state index in [0.29, 0.717) is 11.0 Å². The second-order valence-corrected chi connectivity index (χ2v) is 2.96. The van der Waals surface area contributed by atoms with Crippen molar-refractivity contribution in [1.29, 1.82) is 0 Å². The quantitative estimate of drug-likeness (QED) is 0.442. The molecule has 6 nitrogen and oxygen atoms in total. The number of thiol groups is 1. The molecule has 0 bridgehead atoms. The molecule has 0 atom stereocenters. The molecule has 0 aliphatic heterocycles. The minimum atomic E-state index is 0.365. The Balaban J connectivity index is 2.59. The molecule has 3 N–H and O–H groups in total. The first-order chi connectivity index (χ1) is 6.20. The van der Waals surface area contributed by atoms with E-state index in [1.54, 1.807) is 6.33 Å². The maximum absolute atomic E-state index is 5.63. The van der Waals surface area contributed by atoms with E-state index in [4.69, 9.17) is 5.84 Å². The van der Waals surface area contributed by atoms with Crippen LogP contribution in [0, 0.1) is 6.92 Å². The van der Waals surface area contributed by atoms with Crippen LogP contribution in [0.4, 0.5) is 0 Å². The number of aromatic nitrogens is 5. The highest BCUT2D eigenvalue weighted by Gasteiger charge is 2.12. The van der Waals surface area contributed by atoms with Crippen molar-refractivity contribution in [3.8, 4) is 11.5 Å². The fourth-order valence-corrected chi connectivity index (χ4v) is 1.18. The molecule has 0 fully saturated rings. The molecule has 0 saturated heterocycles. The lowest BCUT2D eigenvalue weighted by molar-refractivity contribution is 0.853. The summed E-state index contributed by atoms with van der Waals surface area (Å²) in [5.41, 5.74) is 1.59. The van der Waals surface area contributed by atoms with Crippen LogP contribution in [0.15, 0.2) is 11.5 Å². The van der Waals surface area contributed by atoms with Gasteiger partial charge in [-0.15, -0.1) is 22.8 Å².